The molecule has 0 radical (unpaired) electrons. The second-order valence-electron chi connectivity index (χ2n) is 9.40. The predicted molar refractivity (Wildman–Crippen MR) is 103 cm³/mol. The minimum absolute atomic E-state index is 0.264. The van der Waals surface area contributed by atoms with E-state index in [0.29, 0.717) is 5.20 Å². The average molecular weight is 372 g/mol. The van der Waals surface area contributed by atoms with Gasteiger partial charge in [-0.05, 0) is 5.41 Å². The SMILES string of the molecule is COC(=O)[C@@H](NC(=O)C(C(=C=O)[Si](C)(C)C)[Si](C)(C)C)C(C)(C)C. The van der Waals surface area contributed by atoms with Crippen LogP contribution in [0.1, 0.15) is 20.8 Å². The highest BCUT2D eigenvalue weighted by molar-refractivity contribution is 6.90. The largest absolute Gasteiger partial charge is 0.467 e. The van der Waals surface area contributed by atoms with Gasteiger partial charge in [0.2, 0.25) is 5.91 Å². The molecule has 0 saturated carbocycles. The highest BCUT2D eigenvalue weighted by atomic mass is 28.3. The number of methoxy groups -OCH3 is 1. The highest BCUT2D eigenvalue weighted by Crippen LogP contribution is 2.35. The van der Waals surface area contributed by atoms with E-state index in [1.807, 2.05) is 40.4 Å². The first-order valence-electron chi connectivity index (χ1n) is 8.21. The first-order chi connectivity index (χ1) is 10.6. The molecule has 0 spiro atoms. The standard InChI is InChI=1S/C17H33NO4Si2/c1-17(2,3)14(16(21)22-4)18-15(20)13(24(8,9)10)12(11-19)23(5,6)7/h13-14H,1-10H3,(H,18,20)/t13?,14-/m1/s1. The van der Waals surface area contributed by atoms with Gasteiger partial charge in [0.1, 0.15) is 12.0 Å². The second-order valence-corrected chi connectivity index (χ2v) is 19.7. The van der Waals surface area contributed by atoms with Crippen LogP contribution in [0.4, 0.5) is 0 Å². The summed E-state index contributed by atoms with van der Waals surface area (Å²) < 4.78 is 4.84. The van der Waals surface area contributed by atoms with E-state index in [0.717, 1.165) is 0 Å². The molecule has 0 aromatic rings. The molecule has 2 atom stereocenters. The number of rotatable bonds is 6. The fourth-order valence-corrected chi connectivity index (χ4v) is 8.27. The molecular formula is C17H33NO4Si2. The Morgan fingerprint density at radius 2 is 1.50 bits per heavy atom. The van der Waals surface area contributed by atoms with Gasteiger partial charge in [0.15, 0.2) is 0 Å². The van der Waals surface area contributed by atoms with Gasteiger partial charge < -0.3 is 10.1 Å². The van der Waals surface area contributed by atoms with Crippen LogP contribution in [0.25, 0.3) is 0 Å². The molecule has 0 rings (SSSR count). The molecule has 1 amide bonds. The van der Waals surface area contributed by atoms with Crippen LogP contribution in [0.5, 0.6) is 0 Å². The number of esters is 1. The molecule has 138 valence electrons. The van der Waals surface area contributed by atoms with Crippen molar-refractivity contribution < 1.29 is 19.1 Å². The highest BCUT2D eigenvalue weighted by Gasteiger charge is 2.44. The number of nitrogens with one attached hydrogen (secondary N) is 1. The van der Waals surface area contributed by atoms with Crippen molar-refractivity contribution in [3.8, 4) is 0 Å². The van der Waals surface area contributed by atoms with Crippen LogP contribution in [-0.4, -0.2) is 47.1 Å². The van der Waals surface area contributed by atoms with Gasteiger partial charge in [-0.15, -0.1) is 0 Å². The molecule has 1 unspecified atom stereocenters. The number of hydrogen-bond donors (Lipinski definition) is 1. The summed E-state index contributed by atoms with van der Waals surface area (Å²) in [6, 6.07) is -0.761. The van der Waals surface area contributed by atoms with Crippen LogP contribution in [0.15, 0.2) is 5.20 Å². The lowest BCUT2D eigenvalue weighted by Crippen LogP contribution is -2.54. The van der Waals surface area contributed by atoms with Crippen LogP contribution >= 0.6 is 0 Å². The Kier molecular flexibility index (Phi) is 7.42. The zero-order chi connectivity index (χ0) is 19.5. The molecule has 0 saturated heterocycles. The summed E-state index contributed by atoms with van der Waals surface area (Å²) >= 11 is 0. The van der Waals surface area contributed by atoms with Crippen LogP contribution < -0.4 is 5.32 Å². The van der Waals surface area contributed by atoms with E-state index in [1.54, 1.807) is 0 Å². The van der Waals surface area contributed by atoms with Gasteiger partial charge >= 0.3 is 5.97 Å². The fourth-order valence-electron chi connectivity index (χ4n) is 2.57. The van der Waals surface area contributed by atoms with Crippen molar-refractivity contribution in [3.05, 3.63) is 5.20 Å². The Balaban J connectivity index is 5.89. The van der Waals surface area contributed by atoms with Gasteiger partial charge in [-0.3, -0.25) is 4.79 Å². The maximum atomic E-state index is 13.1. The second kappa shape index (κ2) is 7.80. The lowest BCUT2D eigenvalue weighted by Gasteiger charge is -2.36. The van der Waals surface area contributed by atoms with Crippen LogP contribution in [0.2, 0.25) is 44.8 Å². The van der Waals surface area contributed by atoms with E-state index in [-0.39, 0.29) is 5.91 Å². The Bertz CT molecular complexity index is 532. The van der Waals surface area contributed by atoms with E-state index < -0.39 is 39.1 Å². The van der Waals surface area contributed by atoms with Gasteiger partial charge in [-0.2, -0.15) is 0 Å². The summed E-state index contributed by atoms with van der Waals surface area (Å²) in [5.41, 5.74) is -0.979. The van der Waals surface area contributed by atoms with Crippen molar-refractivity contribution in [2.45, 2.75) is 71.6 Å². The summed E-state index contributed by atoms with van der Waals surface area (Å²) in [4.78, 5) is 36.8. The molecule has 0 aromatic carbocycles. The lowest BCUT2D eigenvalue weighted by atomic mass is 9.86. The number of carbonyl (C=O) groups is 2. The molecule has 0 heterocycles. The number of ether oxygens (including phenoxy) is 1. The molecule has 0 aliphatic carbocycles. The minimum Gasteiger partial charge on any atom is -0.467 e. The molecule has 5 nitrogen and oxygen atoms in total. The zero-order valence-corrected chi connectivity index (χ0v) is 18.8. The zero-order valence-electron chi connectivity index (χ0n) is 16.8. The number of hydrogen-bond acceptors (Lipinski definition) is 4. The molecular weight excluding hydrogens is 338 g/mol. The Morgan fingerprint density at radius 3 is 1.75 bits per heavy atom. The summed E-state index contributed by atoms with van der Waals surface area (Å²) in [7, 11) is -2.74. The van der Waals surface area contributed by atoms with Gasteiger partial charge in [-0.25, -0.2) is 9.59 Å². The topological polar surface area (TPSA) is 72.5 Å². The van der Waals surface area contributed by atoms with Crippen LogP contribution in [-0.2, 0) is 19.1 Å². The third kappa shape index (κ3) is 6.03. The van der Waals surface area contributed by atoms with E-state index >= 15 is 0 Å². The van der Waals surface area contributed by atoms with Gasteiger partial charge in [0.25, 0.3) is 0 Å². The molecule has 7 heteroatoms. The monoisotopic (exact) mass is 371 g/mol. The lowest BCUT2D eigenvalue weighted by molar-refractivity contribution is -0.148. The van der Waals surface area contributed by atoms with Crippen molar-refractivity contribution >= 4 is 34.0 Å². The van der Waals surface area contributed by atoms with Gasteiger partial charge in [0.05, 0.1) is 28.8 Å². The smallest absolute Gasteiger partial charge is 0.328 e. The van der Waals surface area contributed by atoms with E-state index in [1.165, 1.54) is 7.11 Å². The Labute approximate surface area is 148 Å². The van der Waals surface area contributed by atoms with E-state index in [9.17, 15) is 14.4 Å². The first kappa shape index (κ1) is 22.8. The van der Waals surface area contributed by atoms with Crippen molar-refractivity contribution in [1.29, 1.82) is 0 Å². The molecule has 0 aliphatic rings. The molecule has 24 heavy (non-hydrogen) atoms. The number of carbonyl (C=O) groups excluding carboxylic acids is 3. The van der Waals surface area contributed by atoms with Crippen LogP contribution in [0, 0.1) is 5.41 Å². The Hall–Kier alpha value is -1.18. The summed E-state index contributed by atoms with van der Waals surface area (Å²) in [6.07, 6.45) is 0. The summed E-state index contributed by atoms with van der Waals surface area (Å²) in [5.74, 6) is 1.33. The van der Waals surface area contributed by atoms with Gasteiger partial charge in [-0.1, -0.05) is 60.1 Å². The normalized spacial score (nSPS) is 15.1. The molecule has 0 bridgehead atoms. The first-order valence-corrected chi connectivity index (χ1v) is 15.3. The Morgan fingerprint density at radius 1 is 1.04 bits per heavy atom. The van der Waals surface area contributed by atoms with E-state index in [4.69, 9.17) is 4.74 Å². The van der Waals surface area contributed by atoms with Gasteiger partial charge in [0, 0.05) is 5.20 Å². The van der Waals surface area contributed by atoms with Crippen molar-refractivity contribution in [2.24, 2.45) is 5.41 Å². The maximum Gasteiger partial charge on any atom is 0.328 e. The van der Waals surface area contributed by atoms with Crippen molar-refractivity contribution in [2.75, 3.05) is 7.11 Å². The van der Waals surface area contributed by atoms with Crippen molar-refractivity contribution in [3.63, 3.8) is 0 Å². The molecule has 1 N–H and O–H groups in total. The third-order valence-electron chi connectivity index (χ3n) is 3.92. The summed E-state index contributed by atoms with van der Waals surface area (Å²) in [6.45, 7) is 17.9. The molecule has 0 aromatic heterocycles. The molecule has 0 aliphatic heterocycles. The quantitative estimate of drug-likeness (QED) is 0.442. The van der Waals surface area contributed by atoms with E-state index in [2.05, 4.69) is 30.9 Å². The number of amides is 1. The van der Waals surface area contributed by atoms with Crippen molar-refractivity contribution in [1.82, 2.24) is 5.32 Å². The minimum atomic E-state index is -2.04. The molecule has 0 fully saturated rings. The summed E-state index contributed by atoms with van der Waals surface area (Å²) in [5, 5.41) is 3.44. The third-order valence-corrected chi connectivity index (χ3v) is 8.50. The fraction of sp³-hybridized carbons (Fsp3) is 0.765. The predicted octanol–water partition coefficient (Wildman–Crippen LogP) is 3.03. The van der Waals surface area contributed by atoms with Crippen LogP contribution in [0.3, 0.4) is 0 Å². The maximum absolute atomic E-state index is 13.1. The average Bonchev–Trinajstić information content (AvgIpc) is 2.36.